The topological polar surface area (TPSA) is 113 Å². The van der Waals surface area contributed by atoms with Gasteiger partial charge in [-0.2, -0.15) is 10.2 Å². The number of hydrogen-bond donors (Lipinski definition) is 3. The summed E-state index contributed by atoms with van der Waals surface area (Å²) in [4.78, 5) is 23.8. The van der Waals surface area contributed by atoms with Crippen molar-refractivity contribution in [2.75, 3.05) is 0 Å². The number of hydrogen-bond acceptors (Lipinski definition) is 4. The van der Waals surface area contributed by atoms with Crippen LogP contribution in [0.15, 0.2) is 12.4 Å². The van der Waals surface area contributed by atoms with Crippen LogP contribution in [-0.2, 0) is 4.79 Å². The Morgan fingerprint density at radius 2 is 2.05 bits per heavy atom. The molecule has 0 fully saturated rings. The van der Waals surface area contributed by atoms with Crippen molar-refractivity contribution in [3.63, 3.8) is 0 Å². The number of carboxylic acids is 1. The Bertz CT molecular complexity index is 682. The molecule has 2 aromatic rings. The third kappa shape index (κ3) is 3.00. The van der Waals surface area contributed by atoms with Crippen LogP contribution in [0.3, 0.4) is 0 Å². The second-order valence-electron chi connectivity index (χ2n) is 5.40. The van der Waals surface area contributed by atoms with E-state index in [1.165, 1.54) is 6.20 Å². The molecule has 1 unspecified atom stereocenters. The molecule has 8 heteroatoms. The Morgan fingerprint density at radius 3 is 2.50 bits per heavy atom. The van der Waals surface area contributed by atoms with Crippen molar-refractivity contribution in [3.8, 4) is 0 Å². The predicted octanol–water partition coefficient (Wildman–Crippen LogP) is 1.36. The second kappa shape index (κ2) is 6.00. The Hall–Kier alpha value is -2.64. The van der Waals surface area contributed by atoms with Gasteiger partial charge in [0.25, 0.3) is 5.91 Å². The highest BCUT2D eigenvalue weighted by Gasteiger charge is 2.28. The Balaban J connectivity index is 2.24. The molecular weight excluding hydrogens is 286 g/mol. The highest BCUT2D eigenvalue weighted by atomic mass is 16.4. The quantitative estimate of drug-likeness (QED) is 0.772. The minimum absolute atomic E-state index is 0.121. The largest absolute Gasteiger partial charge is 0.479 e. The first-order valence-corrected chi connectivity index (χ1v) is 6.90. The lowest BCUT2D eigenvalue weighted by Gasteiger charge is -2.14. The number of carbonyl (C=O) groups excluding carboxylic acids is 1. The summed E-state index contributed by atoms with van der Waals surface area (Å²) < 4.78 is 1.64. The number of aromatic amines is 1. The monoisotopic (exact) mass is 305 g/mol. The number of H-pyrrole nitrogens is 1. The van der Waals surface area contributed by atoms with Crippen molar-refractivity contribution < 1.29 is 14.7 Å². The molecule has 0 saturated heterocycles. The van der Waals surface area contributed by atoms with E-state index in [-0.39, 0.29) is 6.04 Å². The van der Waals surface area contributed by atoms with Gasteiger partial charge in [0.15, 0.2) is 6.04 Å². The molecule has 1 amide bonds. The minimum Gasteiger partial charge on any atom is -0.479 e. The van der Waals surface area contributed by atoms with Gasteiger partial charge in [0, 0.05) is 23.5 Å². The highest BCUT2D eigenvalue weighted by Crippen LogP contribution is 2.20. The van der Waals surface area contributed by atoms with Gasteiger partial charge < -0.3 is 10.4 Å². The van der Waals surface area contributed by atoms with Crippen LogP contribution < -0.4 is 5.32 Å². The van der Waals surface area contributed by atoms with Crippen LogP contribution in [0.25, 0.3) is 0 Å². The summed E-state index contributed by atoms with van der Waals surface area (Å²) in [5, 5.41) is 22.7. The summed E-state index contributed by atoms with van der Waals surface area (Å²) in [5.74, 6) is -1.63. The van der Waals surface area contributed by atoms with E-state index in [2.05, 4.69) is 20.6 Å². The third-order valence-electron chi connectivity index (χ3n) is 3.39. The molecule has 8 nitrogen and oxygen atoms in total. The van der Waals surface area contributed by atoms with Crippen molar-refractivity contribution in [2.45, 2.75) is 39.8 Å². The number of carboxylic acid groups (broad SMARTS) is 1. The molecule has 22 heavy (non-hydrogen) atoms. The molecule has 3 N–H and O–H groups in total. The lowest BCUT2D eigenvalue weighted by molar-refractivity contribution is -0.139. The zero-order valence-corrected chi connectivity index (χ0v) is 12.9. The number of amides is 1. The molecule has 0 aliphatic rings. The average molecular weight is 305 g/mol. The van der Waals surface area contributed by atoms with E-state index in [4.69, 9.17) is 0 Å². The fraction of sp³-hybridized carbons (Fsp3) is 0.429. The fourth-order valence-electron chi connectivity index (χ4n) is 2.19. The predicted molar refractivity (Wildman–Crippen MR) is 78.5 cm³/mol. The first-order chi connectivity index (χ1) is 10.3. The van der Waals surface area contributed by atoms with Crippen LogP contribution in [-0.4, -0.2) is 37.0 Å². The van der Waals surface area contributed by atoms with Gasteiger partial charge in [-0.3, -0.25) is 14.6 Å². The molecule has 2 aromatic heterocycles. The van der Waals surface area contributed by atoms with Crippen molar-refractivity contribution in [1.82, 2.24) is 25.3 Å². The van der Waals surface area contributed by atoms with Crippen LogP contribution in [0.2, 0.25) is 0 Å². The zero-order chi connectivity index (χ0) is 16.4. The van der Waals surface area contributed by atoms with Crippen molar-refractivity contribution >= 4 is 11.9 Å². The van der Waals surface area contributed by atoms with Gasteiger partial charge in [0.05, 0.1) is 17.5 Å². The maximum Gasteiger partial charge on any atom is 0.331 e. The van der Waals surface area contributed by atoms with E-state index in [1.807, 2.05) is 13.8 Å². The molecule has 0 spiro atoms. The Kier molecular flexibility index (Phi) is 4.30. The molecule has 2 heterocycles. The normalized spacial score (nSPS) is 12.4. The average Bonchev–Trinajstić information content (AvgIpc) is 3.04. The van der Waals surface area contributed by atoms with Gasteiger partial charge in [-0.05, 0) is 27.7 Å². The molecule has 0 aromatic carbocycles. The molecule has 0 radical (unpaired) electrons. The second-order valence-corrected chi connectivity index (χ2v) is 5.40. The lowest BCUT2D eigenvalue weighted by Crippen LogP contribution is -2.34. The summed E-state index contributed by atoms with van der Waals surface area (Å²) >= 11 is 0. The molecule has 0 aliphatic carbocycles. The third-order valence-corrected chi connectivity index (χ3v) is 3.39. The van der Waals surface area contributed by atoms with Gasteiger partial charge in [-0.15, -0.1) is 0 Å². The van der Waals surface area contributed by atoms with E-state index in [9.17, 15) is 14.7 Å². The summed E-state index contributed by atoms with van der Waals surface area (Å²) in [6.45, 7) is 7.28. The standard InChI is InChI=1S/C14H19N5O3/c1-7(2)19-6-10(5-15-19)13(20)16-12(14(21)22)11-8(3)17-18-9(11)4/h5-7,12H,1-4H3,(H,16,20)(H,17,18)(H,21,22). The van der Waals surface area contributed by atoms with Crippen LogP contribution in [0.1, 0.15) is 53.2 Å². The number of aryl methyl sites for hydroxylation is 2. The summed E-state index contributed by atoms with van der Waals surface area (Å²) in [5.41, 5.74) is 1.95. The Morgan fingerprint density at radius 1 is 1.36 bits per heavy atom. The molecule has 2 rings (SSSR count). The Labute approximate surface area is 127 Å². The number of carbonyl (C=O) groups is 2. The lowest BCUT2D eigenvalue weighted by atomic mass is 10.0. The van der Waals surface area contributed by atoms with E-state index in [0.29, 0.717) is 22.5 Å². The van der Waals surface area contributed by atoms with Crippen LogP contribution in [0.5, 0.6) is 0 Å². The summed E-state index contributed by atoms with van der Waals surface area (Å²) in [7, 11) is 0. The van der Waals surface area contributed by atoms with Crippen LogP contribution >= 0.6 is 0 Å². The van der Waals surface area contributed by atoms with E-state index >= 15 is 0 Å². The molecular formula is C14H19N5O3. The van der Waals surface area contributed by atoms with Crippen molar-refractivity contribution in [3.05, 3.63) is 34.9 Å². The number of aromatic nitrogens is 4. The summed E-state index contributed by atoms with van der Waals surface area (Å²) in [6.07, 6.45) is 3.01. The van der Waals surface area contributed by atoms with Gasteiger partial charge in [-0.25, -0.2) is 4.79 Å². The van der Waals surface area contributed by atoms with Gasteiger partial charge in [0.2, 0.25) is 0 Å². The van der Waals surface area contributed by atoms with E-state index in [1.54, 1.807) is 24.7 Å². The van der Waals surface area contributed by atoms with E-state index in [0.717, 1.165) is 0 Å². The van der Waals surface area contributed by atoms with Gasteiger partial charge in [0.1, 0.15) is 0 Å². The van der Waals surface area contributed by atoms with Gasteiger partial charge >= 0.3 is 5.97 Å². The van der Waals surface area contributed by atoms with Crippen molar-refractivity contribution in [1.29, 1.82) is 0 Å². The van der Waals surface area contributed by atoms with Crippen LogP contribution in [0, 0.1) is 13.8 Å². The maximum absolute atomic E-state index is 12.3. The first-order valence-electron chi connectivity index (χ1n) is 6.90. The SMILES string of the molecule is Cc1n[nH]c(C)c1C(NC(=O)c1cnn(C(C)C)c1)C(=O)O. The summed E-state index contributed by atoms with van der Waals surface area (Å²) in [6, 6.07) is -1.04. The molecule has 1 atom stereocenters. The van der Waals surface area contributed by atoms with Crippen LogP contribution in [0.4, 0.5) is 0 Å². The highest BCUT2D eigenvalue weighted by molar-refractivity contribution is 5.96. The fourth-order valence-corrected chi connectivity index (χ4v) is 2.19. The number of aliphatic carboxylic acids is 1. The van der Waals surface area contributed by atoms with Crippen molar-refractivity contribution in [2.24, 2.45) is 0 Å². The number of rotatable bonds is 5. The van der Waals surface area contributed by atoms with E-state index < -0.39 is 17.9 Å². The van der Waals surface area contributed by atoms with Gasteiger partial charge in [-0.1, -0.05) is 0 Å². The zero-order valence-electron chi connectivity index (χ0n) is 12.9. The molecule has 118 valence electrons. The maximum atomic E-state index is 12.3. The first kappa shape index (κ1) is 15.7. The molecule has 0 aliphatic heterocycles. The number of nitrogens with zero attached hydrogens (tertiary/aromatic N) is 3. The number of nitrogens with one attached hydrogen (secondary N) is 2. The molecule has 0 saturated carbocycles. The minimum atomic E-state index is -1.16. The smallest absolute Gasteiger partial charge is 0.331 e. The molecule has 0 bridgehead atoms.